The molecule has 0 unspecified atom stereocenters. The minimum Gasteiger partial charge on any atom is -0.475 e. The zero-order valence-corrected chi connectivity index (χ0v) is 16.4. The van der Waals surface area contributed by atoms with Crippen LogP contribution < -0.4 is 10.6 Å². The predicted octanol–water partition coefficient (Wildman–Crippen LogP) is 4.07. The van der Waals surface area contributed by atoms with Gasteiger partial charge in [-0.25, -0.2) is 9.59 Å². The zero-order chi connectivity index (χ0) is 21.3. The van der Waals surface area contributed by atoms with Crippen molar-refractivity contribution >= 4 is 40.3 Å². The molecule has 3 rings (SSSR count). The first-order valence-electron chi connectivity index (χ1n) is 8.76. The van der Waals surface area contributed by atoms with Gasteiger partial charge in [0, 0.05) is 30.4 Å². The highest BCUT2D eigenvalue weighted by molar-refractivity contribution is 6.05. The summed E-state index contributed by atoms with van der Waals surface area (Å²) in [6.45, 7) is 5.27. The van der Waals surface area contributed by atoms with E-state index in [0.29, 0.717) is 28.0 Å². The molecule has 0 fully saturated rings. The van der Waals surface area contributed by atoms with Crippen LogP contribution in [0.5, 0.6) is 0 Å². The Morgan fingerprint density at radius 2 is 1.79 bits per heavy atom. The molecule has 2 amide bonds. The Bertz CT molecular complexity index is 1100. The molecule has 9 heteroatoms. The van der Waals surface area contributed by atoms with Gasteiger partial charge >= 0.3 is 12.1 Å². The topological polar surface area (TPSA) is 123 Å². The lowest BCUT2D eigenvalue weighted by Gasteiger charge is -2.19. The van der Waals surface area contributed by atoms with E-state index >= 15 is 0 Å². The molecule has 0 aliphatic carbocycles. The number of nitrogens with zero attached hydrogens (tertiary/aromatic N) is 1. The molecule has 2 heterocycles. The Morgan fingerprint density at radius 1 is 1.07 bits per heavy atom. The number of carboxylic acids is 1. The first-order chi connectivity index (χ1) is 13.5. The third kappa shape index (κ3) is 4.75. The number of anilines is 2. The normalized spacial score (nSPS) is 11.3. The molecule has 0 aliphatic rings. The molecule has 9 nitrogen and oxygen atoms in total. The quantitative estimate of drug-likeness (QED) is 0.608. The highest BCUT2D eigenvalue weighted by Gasteiger charge is 2.19. The maximum absolute atomic E-state index is 12.6. The second-order valence-electron chi connectivity index (χ2n) is 7.47. The average molecular weight is 399 g/mol. The minimum atomic E-state index is -1.17. The summed E-state index contributed by atoms with van der Waals surface area (Å²) in [6, 6.07) is 7.77. The second-order valence-corrected chi connectivity index (χ2v) is 7.47. The van der Waals surface area contributed by atoms with Gasteiger partial charge in [-0.2, -0.15) is 0 Å². The average Bonchev–Trinajstić information content (AvgIpc) is 3.16. The molecule has 1 aromatic carbocycles. The minimum absolute atomic E-state index is 0.177. The molecule has 3 N–H and O–H groups in total. The lowest BCUT2D eigenvalue weighted by molar-refractivity contribution is 0.0632. The number of benzene rings is 1. The van der Waals surface area contributed by atoms with Crippen LogP contribution in [0.25, 0.3) is 11.0 Å². The Hall–Kier alpha value is -3.75. The van der Waals surface area contributed by atoms with Gasteiger partial charge in [0.15, 0.2) is 0 Å². The molecule has 29 heavy (non-hydrogen) atoms. The van der Waals surface area contributed by atoms with Crippen molar-refractivity contribution in [3.05, 3.63) is 48.0 Å². The van der Waals surface area contributed by atoms with E-state index in [2.05, 4.69) is 10.6 Å². The van der Waals surface area contributed by atoms with Crippen molar-refractivity contribution in [3.8, 4) is 0 Å². The molecule has 0 saturated carbocycles. The number of ether oxygens (including phenoxy) is 1. The van der Waals surface area contributed by atoms with Crippen molar-refractivity contribution in [1.29, 1.82) is 0 Å². The number of furan rings is 1. The maximum Gasteiger partial charge on any atom is 0.412 e. The third-order valence-corrected chi connectivity index (χ3v) is 3.87. The summed E-state index contributed by atoms with van der Waals surface area (Å²) in [7, 11) is 1.67. The lowest BCUT2D eigenvalue weighted by Crippen LogP contribution is -2.27. The van der Waals surface area contributed by atoms with Crippen molar-refractivity contribution < 1.29 is 28.6 Å². The van der Waals surface area contributed by atoms with Gasteiger partial charge in [-0.1, -0.05) is 0 Å². The molecule has 0 saturated heterocycles. The van der Waals surface area contributed by atoms with Gasteiger partial charge in [-0.15, -0.1) is 0 Å². The fourth-order valence-electron chi connectivity index (χ4n) is 2.69. The first-order valence-corrected chi connectivity index (χ1v) is 8.76. The van der Waals surface area contributed by atoms with E-state index in [1.54, 1.807) is 56.8 Å². The largest absolute Gasteiger partial charge is 0.475 e. The van der Waals surface area contributed by atoms with Crippen LogP contribution in [-0.2, 0) is 11.8 Å². The number of hydrogen-bond donors (Lipinski definition) is 3. The van der Waals surface area contributed by atoms with Crippen LogP contribution in [0.2, 0.25) is 0 Å². The Balaban J connectivity index is 1.74. The van der Waals surface area contributed by atoms with Gasteiger partial charge in [0.05, 0.1) is 5.69 Å². The molecule has 2 aromatic heterocycles. The third-order valence-electron chi connectivity index (χ3n) is 3.87. The van der Waals surface area contributed by atoms with Crippen LogP contribution >= 0.6 is 0 Å². The number of nitrogens with one attached hydrogen (secondary N) is 2. The van der Waals surface area contributed by atoms with Crippen molar-refractivity contribution in [2.75, 3.05) is 10.6 Å². The van der Waals surface area contributed by atoms with Gasteiger partial charge in [-0.3, -0.25) is 10.1 Å². The van der Waals surface area contributed by atoms with Crippen LogP contribution in [0.4, 0.5) is 16.2 Å². The summed E-state index contributed by atoms with van der Waals surface area (Å²) in [4.78, 5) is 35.5. The number of rotatable bonds is 4. The smallest absolute Gasteiger partial charge is 0.412 e. The molecule has 0 spiro atoms. The number of hydrogen-bond acceptors (Lipinski definition) is 5. The standard InChI is InChI=1S/C20H21N3O6/c1-20(2,3)29-19(27)22-13-8-14(23(4)10-13)17(24)21-12-6-5-11-7-16(18(25)26)28-15(11)9-12/h5-10H,1-4H3,(H,21,24)(H,22,27)(H,25,26). The van der Waals surface area contributed by atoms with Gasteiger partial charge in [0.25, 0.3) is 5.91 Å². The number of aromatic nitrogens is 1. The fourth-order valence-corrected chi connectivity index (χ4v) is 2.69. The number of aryl methyl sites for hydroxylation is 1. The van der Waals surface area contributed by atoms with Crippen molar-refractivity contribution in [1.82, 2.24) is 4.57 Å². The molecule has 0 bridgehead atoms. The number of aromatic carboxylic acids is 1. The molecule has 152 valence electrons. The molecule has 3 aromatic rings. The number of amides is 2. The molecule has 0 atom stereocenters. The van der Waals surface area contributed by atoms with Crippen LogP contribution in [0.1, 0.15) is 41.8 Å². The highest BCUT2D eigenvalue weighted by Crippen LogP contribution is 2.24. The lowest BCUT2D eigenvalue weighted by atomic mass is 10.2. The maximum atomic E-state index is 12.6. The first kappa shape index (κ1) is 20.0. The summed E-state index contributed by atoms with van der Waals surface area (Å²) < 4.78 is 12.0. The van der Waals surface area contributed by atoms with E-state index in [9.17, 15) is 14.4 Å². The van der Waals surface area contributed by atoms with Crippen molar-refractivity contribution in [2.24, 2.45) is 7.05 Å². The van der Waals surface area contributed by atoms with Gasteiger partial charge in [0.1, 0.15) is 16.9 Å². The van der Waals surface area contributed by atoms with Crippen LogP contribution in [0, 0.1) is 0 Å². The van der Waals surface area contributed by atoms with E-state index in [-0.39, 0.29) is 5.76 Å². The molecule has 0 aliphatic heterocycles. The van der Waals surface area contributed by atoms with E-state index in [4.69, 9.17) is 14.3 Å². The summed E-state index contributed by atoms with van der Waals surface area (Å²) in [6.07, 6.45) is 0.973. The Labute approximate surface area is 166 Å². The van der Waals surface area contributed by atoms with Crippen molar-refractivity contribution in [2.45, 2.75) is 26.4 Å². The van der Waals surface area contributed by atoms with Crippen molar-refractivity contribution in [3.63, 3.8) is 0 Å². The van der Waals surface area contributed by atoms with Crippen LogP contribution in [0.3, 0.4) is 0 Å². The summed E-state index contributed by atoms with van der Waals surface area (Å²) in [5.41, 5.74) is 0.877. The van der Waals surface area contributed by atoms with E-state index in [1.807, 2.05) is 0 Å². The monoisotopic (exact) mass is 399 g/mol. The number of carbonyl (C=O) groups is 3. The number of carbonyl (C=O) groups excluding carboxylic acids is 2. The number of carboxylic acid groups (broad SMARTS) is 1. The van der Waals surface area contributed by atoms with Gasteiger partial charge in [-0.05, 0) is 45.0 Å². The second kappa shape index (κ2) is 7.34. The zero-order valence-electron chi connectivity index (χ0n) is 16.4. The van der Waals surface area contributed by atoms with Crippen LogP contribution in [-0.4, -0.2) is 33.2 Å². The van der Waals surface area contributed by atoms with E-state index in [1.165, 1.54) is 12.1 Å². The Kier molecular flexibility index (Phi) is 5.06. The van der Waals surface area contributed by atoms with Gasteiger partial charge in [0.2, 0.25) is 5.76 Å². The molecular formula is C20H21N3O6. The SMILES string of the molecule is Cn1cc(NC(=O)OC(C)(C)C)cc1C(=O)Nc1ccc2cc(C(=O)O)oc2c1. The van der Waals surface area contributed by atoms with Crippen LogP contribution in [0.15, 0.2) is 40.9 Å². The molecule has 0 radical (unpaired) electrons. The summed E-state index contributed by atoms with van der Waals surface area (Å²) in [5.74, 6) is -1.75. The summed E-state index contributed by atoms with van der Waals surface area (Å²) >= 11 is 0. The fraction of sp³-hybridized carbons (Fsp3) is 0.250. The van der Waals surface area contributed by atoms with E-state index in [0.717, 1.165) is 0 Å². The highest BCUT2D eigenvalue weighted by atomic mass is 16.6. The Morgan fingerprint density at radius 3 is 2.45 bits per heavy atom. The van der Waals surface area contributed by atoms with E-state index < -0.39 is 23.6 Å². The number of fused-ring (bicyclic) bond motifs is 1. The predicted molar refractivity (Wildman–Crippen MR) is 106 cm³/mol. The van der Waals surface area contributed by atoms with Gasteiger partial charge < -0.3 is 24.1 Å². The summed E-state index contributed by atoms with van der Waals surface area (Å²) in [5, 5.41) is 14.9. The molecular weight excluding hydrogens is 378 g/mol.